The van der Waals surface area contributed by atoms with Gasteiger partial charge in [-0.3, -0.25) is 0 Å². The molecule has 3 nitrogen and oxygen atoms in total. The maximum Gasteiger partial charge on any atom is 0.109 e. The Morgan fingerprint density at radius 3 is 2.81 bits per heavy atom. The number of ether oxygens (including phenoxy) is 2. The molecular weight excluding hydrogens is 202 g/mol. The van der Waals surface area contributed by atoms with Crippen LogP contribution in [0.3, 0.4) is 0 Å². The van der Waals surface area contributed by atoms with E-state index < -0.39 is 0 Å². The molecule has 0 radical (unpaired) electrons. The summed E-state index contributed by atoms with van der Waals surface area (Å²) >= 11 is 0. The van der Waals surface area contributed by atoms with Crippen LogP contribution in [0.4, 0.5) is 0 Å². The minimum absolute atomic E-state index is 0.0147. The van der Waals surface area contributed by atoms with Gasteiger partial charge >= 0.3 is 0 Å². The molecule has 2 aliphatic heterocycles. The van der Waals surface area contributed by atoms with Gasteiger partial charge in [0.25, 0.3) is 0 Å². The molecule has 3 aliphatic rings. The summed E-state index contributed by atoms with van der Waals surface area (Å²) in [6, 6.07) is 0.534. The molecule has 1 spiro atoms. The lowest BCUT2D eigenvalue weighted by Gasteiger charge is -2.42. The van der Waals surface area contributed by atoms with Gasteiger partial charge < -0.3 is 14.8 Å². The highest BCUT2D eigenvalue weighted by molar-refractivity contribution is 4.99. The SMILES string of the molecule is C1CCC(CC2NCCOC23CCOC3)C1. The van der Waals surface area contributed by atoms with Crippen LogP contribution in [0.2, 0.25) is 0 Å². The fraction of sp³-hybridized carbons (Fsp3) is 1.00. The number of hydrogen-bond acceptors (Lipinski definition) is 3. The Hall–Kier alpha value is -0.120. The second-order valence-corrected chi connectivity index (χ2v) is 5.61. The second kappa shape index (κ2) is 4.63. The van der Waals surface area contributed by atoms with Crippen LogP contribution in [0.25, 0.3) is 0 Å². The molecule has 3 fully saturated rings. The van der Waals surface area contributed by atoms with Gasteiger partial charge in [0.1, 0.15) is 5.60 Å². The number of nitrogens with one attached hydrogen (secondary N) is 1. The van der Waals surface area contributed by atoms with E-state index in [4.69, 9.17) is 9.47 Å². The van der Waals surface area contributed by atoms with Gasteiger partial charge in [-0.05, 0) is 12.3 Å². The topological polar surface area (TPSA) is 30.5 Å². The van der Waals surface area contributed by atoms with Crippen LogP contribution in [0.1, 0.15) is 38.5 Å². The highest BCUT2D eigenvalue weighted by Gasteiger charge is 2.45. The molecule has 2 saturated heterocycles. The summed E-state index contributed by atoms with van der Waals surface area (Å²) in [6.07, 6.45) is 8.09. The van der Waals surface area contributed by atoms with Crippen LogP contribution in [0.5, 0.6) is 0 Å². The molecule has 2 heterocycles. The molecule has 0 amide bonds. The van der Waals surface area contributed by atoms with Gasteiger partial charge in [0, 0.05) is 25.6 Å². The quantitative estimate of drug-likeness (QED) is 0.776. The van der Waals surface area contributed by atoms with E-state index in [0.717, 1.165) is 38.7 Å². The summed E-state index contributed by atoms with van der Waals surface area (Å²) in [4.78, 5) is 0. The Morgan fingerprint density at radius 1 is 1.19 bits per heavy atom. The van der Waals surface area contributed by atoms with E-state index in [0.29, 0.717) is 6.04 Å². The van der Waals surface area contributed by atoms with Crippen molar-refractivity contribution < 1.29 is 9.47 Å². The molecule has 1 aliphatic carbocycles. The first kappa shape index (κ1) is 11.0. The zero-order chi connectivity index (χ0) is 10.8. The molecular formula is C13H23NO2. The van der Waals surface area contributed by atoms with Gasteiger partial charge in [0.05, 0.1) is 13.2 Å². The maximum atomic E-state index is 6.06. The van der Waals surface area contributed by atoms with Gasteiger partial charge in [0.15, 0.2) is 0 Å². The van der Waals surface area contributed by atoms with Crippen molar-refractivity contribution in [3.63, 3.8) is 0 Å². The number of morpholine rings is 1. The Morgan fingerprint density at radius 2 is 2.06 bits per heavy atom. The predicted octanol–water partition coefficient (Wildman–Crippen LogP) is 1.71. The van der Waals surface area contributed by atoms with Gasteiger partial charge in [-0.2, -0.15) is 0 Å². The molecule has 1 N–H and O–H groups in total. The molecule has 16 heavy (non-hydrogen) atoms. The van der Waals surface area contributed by atoms with E-state index in [1.165, 1.54) is 32.1 Å². The summed E-state index contributed by atoms with van der Waals surface area (Å²) in [5, 5.41) is 3.67. The summed E-state index contributed by atoms with van der Waals surface area (Å²) in [5.74, 6) is 0.927. The van der Waals surface area contributed by atoms with E-state index in [9.17, 15) is 0 Å². The van der Waals surface area contributed by atoms with Crippen molar-refractivity contribution in [2.45, 2.75) is 50.2 Å². The molecule has 1 saturated carbocycles. The van der Waals surface area contributed by atoms with E-state index in [1.54, 1.807) is 0 Å². The minimum Gasteiger partial charge on any atom is -0.378 e. The molecule has 0 aromatic carbocycles. The third kappa shape index (κ3) is 2.01. The molecule has 0 aromatic heterocycles. The van der Waals surface area contributed by atoms with Crippen LogP contribution in [-0.2, 0) is 9.47 Å². The Labute approximate surface area is 97.9 Å². The average Bonchev–Trinajstić information content (AvgIpc) is 2.94. The fourth-order valence-electron chi connectivity index (χ4n) is 3.60. The van der Waals surface area contributed by atoms with Crippen molar-refractivity contribution in [1.82, 2.24) is 5.32 Å². The monoisotopic (exact) mass is 225 g/mol. The summed E-state index contributed by atoms with van der Waals surface area (Å²) in [5.41, 5.74) is 0.0147. The molecule has 2 unspecified atom stereocenters. The summed E-state index contributed by atoms with van der Waals surface area (Å²) in [7, 11) is 0. The smallest absolute Gasteiger partial charge is 0.109 e. The molecule has 92 valence electrons. The van der Waals surface area contributed by atoms with Crippen LogP contribution < -0.4 is 5.32 Å². The Balaban J connectivity index is 1.65. The molecule has 3 rings (SSSR count). The minimum atomic E-state index is 0.0147. The van der Waals surface area contributed by atoms with E-state index >= 15 is 0 Å². The van der Waals surface area contributed by atoms with Crippen LogP contribution >= 0.6 is 0 Å². The van der Waals surface area contributed by atoms with Crippen molar-refractivity contribution in [1.29, 1.82) is 0 Å². The summed E-state index contributed by atoms with van der Waals surface area (Å²) in [6.45, 7) is 3.55. The average molecular weight is 225 g/mol. The first-order chi connectivity index (χ1) is 7.89. The van der Waals surface area contributed by atoms with Gasteiger partial charge in [-0.15, -0.1) is 0 Å². The van der Waals surface area contributed by atoms with Crippen molar-refractivity contribution in [2.75, 3.05) is 26.4 Å². The van der Waals surface area contributed by atoms with E-state index in [2.05, 4.69) is 5.32 Å². The predicted molar refractivity (Wildman–Crippen MR) is 62.5 cm³/mol. The molecule has 0 bridgehead atoms. The van der Waals surface area contributed by atoms with Gasteiger partial charge in [-0.1, -0.05) is 25.7 Å². The van der Waals surface area contributed by atoms with Crippen LogP contribution in [0.15, 0.2) is 0 Å². The normalized spacial score (nSPS) is 40.9. The molecule has 0 aromatic rings. The standard InChI is InChI=1S/C13H23NO2/c1-2-4-11(3-1)9-12-13(5-7-15-10-13)16-8-6-14-12/h11-12,14H,1-10H2. The second-order valence-electron chi connectivity index (χ2n) is 5.61. The fourth-order valence-corrected chi connectivity index (χ4v) is 3.60. The lowest BCUT2D eigenvalue weighted by atomic mass is 9.84. The largest absolute Gasteiger partial charge is 0.378 e. The van der Waals surface area contributed by atoms with E-state index in [-0.39, 0.29) is 5.60 Å². The first-order valence-corrected chi connectivity index (χ1v) is 6.84. The zero-order valence-corrected chi connectivity index (χ0v) is 10.0. The summed E-state index contributed by atoms with van der Waals surface area (Å²) < 4.78 is 11.6. The number of hydrogen-bond donors (Lipinski definition) is 1. The van der Waals surface area contributed by atoms with Crippen LogP contribution in [-0.4, -0.2) is 38.0 Å². The highest BCUT2D eigenvalue weighted by Crippen LogP contribution is 2.36. The third-order valence-electron chi connectivity index (χ3n) is 4.58. The highest BCUT2D eigenvalue weighted by atomic mass is 16.6. The first-order valence-electron chi connectivity index (χ1n) is 6.84. The van der Waals surface area contributed by atoms with E-state index in [1.807, 2.05) is 0 Å². The van der Waals surface area contributed by atoms with Crippen LogP contribution in [0, 0.1) is 5.92 Å². The van der Waals surface area contributed by atoms with Gasteiger partial charge in [0.2, 0.25) is 0 Å². The van der Waals surface area contributed by atoms with Gasteiger partial charge in [-0.25, -0.2) is 0 Å². The molecule has 3 heteroatoms. The van der Waals surface area contributed by atoms with Crippen molar-refractivity contribution in [3.05, 3.63) is 0 Å². The molecule has 2 atom stereocenters. The van der Waals surface area contributed by atoms with Crippen molar-refractivity contribution in [2.24, 2.45) is 5.92 Å². The lowest BCUT2D eigenvalue weighted by molar-refractivity contribution is -0.102. The Kier molecular flexibility index (Phi) is 3.18. The lowest BCUT2D eigenvalue weighted by Crippen LogP contribution is -2.59. The van der Waals surface area contributed by atoms with Crippen molar-refractivity contribution >= 4 is 0 Å². The Bertz CT molecular complexity index is 232. The van der Waals surface area contributed by atoms with Crippen molar-refractivity contribution in [3.8, 4) is 0 Å². The maximum absolute atomic E-state index is 6.06. The number of rotatable bonds is 2. The zero-order valence-electron chi connectivity index (χ0n) is 10.0. The third-order valence-corrected chi connectivity index (χ3v) is 4.58.